The normalized spacial score (nSPS) is 14.8. The molecular formula is C15H15NO3S. The molecule has 1 heterocycles. The van der Waals surface area contributed by atoms with Gasteiger partial charge in [0.25, 0.3) is 0 Å². The van der Waals surface area contributed by atoms with E-state index in [-0.39, 0.29) is 5.56 Å². The van der Waals surface area contributed by atoms with Crippen LogP contribution in [0.3, 0.4) is 0 Å². The Kier molecular flexibility index (Phi) is 3.44. The summed E-state index contributed by atoms with van der Waals surface area (Å²) < 4.78 is 5.29. The number of hydrogen-bond acceptors (Lipinski definition) is 4. The topological polar surface area (TPSA) is 59.4 Å². The van der Waals surface area contributed by atoms with Crippen molar-refractivity contribution >= 4 is 17.3 Å². The van der Waals surface area contributed by atoms with Crippen LogP contribution in [0.2, 0.25) is 0 Å². The summed E-state index contributed by atoms with van der Waals surface area (Å²) in [6, 6.07) is 5.13. The molecule has 1 saturated carbocycles. The van der Waals surface area contributed by atoms with Gasteiger partial charge >= 0.3 is 5.97 Å². The fourth-order valence-corrected chi connectivity index (χ4v) is 3.32. The third-order valence-corrected chi connectivity index (χ3v) is 4.62. The molecule has 0 atom stereocenters. The van der Waals surface area contributed by atoms with Gasteiger partial charge in [-0.15, -0.1) is 11.3 Å². The fourth-order valence-electron chi connectivity index (χ4n) is 2.40. The lowest BCUT2D eigenvalue weighted by atomic mass is 9.83. The second kappa shape index (κ2) is 5.25. The Morgan fingerprint density at radius 1 is 1.45 bits per heavy atom. The Bertz CT molecular complexity index is 646. The Balaban J connectivity index is 2.02. The molecule has 1 aromatic heterocycles. The predicted molar refractivity (Wildman–Crippen MR) is 77.7 cm³/mol. The van der Waals surface area contributed by atoms with Gasteiger partial charge in [0.15, 0.2) is 0 Å². The number of aromatic nitrogens is 1. The van der Waals surface area contributed by atoms with Crippen molar-refractivity contribution in [3.8, 4) is 16.3 Å². The lowest BCUT2D eigenvalue weighted by Crippen LogP contribution is -2.08. The average Bonchev–Trinajstić information content (AvgIpc) is 2.84. The highest BCUT2D eigenvalue weighted by molar-refractivity contribution is 7.13. The summed E-state index contributed by atoms with van der Waals surface area (Å²) in [5.74, 6) is -0.0253. The molecule has 0 radical (unpaired) electrons. The number of aromatic carboxylic acids is 1. The van der Waals surface area contributed by atoms with E-state index < -0.39 is 5.97 Å². The van der Waals surface area contributed by atoms with Crippen molar-refractivity contribution in [1.29, 1.82) is 0 Å². The van der Waals surface area contributed by atoms with E-state index in [9.17, 15) is 9.90 Å². The smallest absolute Gasteiger partial charge is 0.339 e. The molecule has 0 saturated heterocycles. The molecule has 0 amide bonds. The van der Waals surface area contributed by atoms with Gasteiger partial charge in [0.2, 0.25) is 0 Å². The van der Waals surface area contributed by atoms with Gasteiger partial charge in [-0.1, -0.05) is 12.5 Å². The zero-order valence-corrected chi connectivity index (χ0v) is 11.9. The summed E-state index contributed by atoms with van der Waals surface area (Å²) in [5.41, 5.74) is 2.05. The second-order valence-corrected chi connectivity index (χ2v) is 5.75. The number of para-hydroxylation sites is 1. The van der Waals surface area contributed by atoms with Gasteiger partial charge in [0, 0.05) is 11.3 Å². The standard InChI is InChI=1S/C15H15NO3S/c1-19-13-10(6-3-7-11(13)15(17)18)14-16-12(8-20-14)9-4-2-5-9/h3,6-9H,2,4-5H2,1H3,(H,17,18). The first kappa shape index (κ1) is 13.1. The number of rotatable bonds is 4. The highest BCUT2D eigenvalue weighted by Gasteiger charge is 2.23. The van der Waals surface area contributed by atoms with E-state index in [1.54, 1.807) is 23.5 Å². The molecule has 1 N–H and O–H groups in total. The number of carboxylic acids is 1. The predicted octanol–water partition coefficient (Wildman–Crippen LogP) is 3.78. The number of ether oxygens (including phenoxy) is 1. The van der Waals surface area contributed by atoms with E-state index in [2.05, 4.69) is 10.4 Å². The molecule has 0 spiro atoms. The fraction of sp³-hybridized carbons (Fsp3) is 0.333. The van der Waals surface area contributed by atoms with Crippen LogP contribution in [0.1, 0.15) is 41.2 Å². The molecule has 2 aromatic rings. The molecule has 4 nitrogen and oxygen atoms in total. The molecule has 0 unspecified atom stereocenters. The van der Waals surface area contributed by atoms with E-state index >= 15 is 0 Å². The van der Waals surface area contributed by atoms with E-state index in [0.29, 0.717) is 11.7 Å². The van der Waals surface area contributed by atoms with Crippen LogP contribution in [0.4, 0.5) is 0 Å². The summed E-state index contributed by atoms with van der Waals surface area (Å²) in [4.78, 5) is 15.9. The first-order valence-electron chi connectivity index (χ1n) is 6.57. The maximum atomic E-state index is 11.2. The number of carboxylic acid groups (broad SMARTS) is 1. The summed E-state index contributed by atoms with van der Waals surface area (Å²) in [6.45, 7) is 0. The molecule has 20 heavy (non-hydrogen) atoms. The maximum Gasteiger partial charge on any atom is 0.339 e. The Labute approximate surface area is 121 Å². The van der Waals surface area contributed by atoms with E-state index in [4.69, 9.17) is 4.74 Å². The molecule has 3 rings (SSSR count). The van der Waals surface area contributed by atoms with Crippen molar-refractivity contribution in [3.63, 3.8) is 0 Å². The molecule has 1 aromatic carbocycles. The van der Waals surface area contributed by atoms with Crippen LogP contribution in [0.25, 0.3) is 10.6 Å². The minimum Gasteiger partial charge on any atom is -0.495 e. The number of methoxy groups -OCH3 is 1. The van der Waals surface area contributed by atoms with Crippen LogP contribution in [0.5, 0.6) is 5.75 Å². The Morgan fingerprint density at radius 3 is 2.85 bits per heavy atom. The number of hydrogen-bond donors (Lipinski definition) is 1. The number of carbonyl (C=O) groups is 1. The minimum absolute atomic E-state index is 0.172. The van der Waals surface area contributed by atoms with Crippen molar-refractivity contribution in [1.82, 2.24) is 4.98 Å². The van der Waals surface area contributed by atoms with Crippen LogP contribution in [0, 0.1) is 0 Å². The summed E-state index contributed by atoms with van der Waals surface area (Å²) in [5, 5.41) is 12.1. The first-order valence-corrected chi connectivity index (χ1v) is 7.44. The molecule has 1 aliphatic rings. The summed E-state index contributed by atoms with van der Waals surface area (Å²) in [7, 11) is 1.49. The molecule has 5 heteroatoms. The second-order valence-electron chi connectivity index (χ2n) is 4.90. The van der Waals surface area contributed by atoms with Gasteiger partial charge in [-0.2, -0.15) is 0 Å². The average molecular weight is 289 g/mol. The van der Waals surface area contributed by atoms with Gasteiger partial charge in [-0.3, -0.25) is 0 Å². The Morgan fingerprint density at radius 2 is 2.25 bits per heavy atom. The number of nitrogens with zero attached hydrogens (tertiary/aromatic N) is 1. The third-order valence-electron chi connectivity index (χ3n) is 3.73. The zero-order chi connectivity index (χ0) is 14.1. The SMILES string of the molecule is COc1c(C(=O)O)cccc1-c1nc(C2CCC2)cs1. The van der Waals surface area contributed by atoms with Gasteiger partial charge in [-0.25, -0.2) is 9.78 Å². The van der Waals surface area contributed by atoms with Crippen LogP contribution >= 0.6 is 11.3 Å². The minimum atomic E-state index is -0.987. The molecule has 1 aliphatic carbocycles. The lowest BCUT2D eigenvalue weighted by Gasteiger charge is -2.23. The molecule has 0 bridgehead atoms. The lowest BCUT2D eigenvalue weighted by molar-refractivity contribution is 0.0693. The zero-order valence-electron chi connectivity index (χ0n) is 11.1. The van der Waals surface area contributed by atoms with E-state index in [1.807, 2.05) is 6.07 Å². The van der Waals surface area contributed by atoms with Crippen molar-refractivity contribution < 1.29 is 14.6 Å². The monoisotopic (exact) mass is 289 g/mol. The molecule has 0 aliphatic heterocycles. The largest absolute Gasteiger partial charge is 0.495 e. The van der Waals surface area contributed by atoms with Gasteiger partial charge in [0.1, 0.15) is 16.3 Å². The highest BCUT2D eigenvalue weighted by Crippen LogP contribution is 2.40. The van der Waals surface area contributed by atoms with Crippen molar-refractivity contribution in [3.05, 3.63) is 34.8 Å². The summed E-state index contributed by atoms with van der Waals surface area (Å²) in [6.07, 6.45) is 3.68. The van der Waals surface area contributed by atoms with Crippen LogP contribution < -0.4 is 4.74 Å². The molecular weight excluding hydrogens is 274 g/mol. The third kappa shape index (κ3) is 2.18. The van der Waals surface area contributed by atoms with Crippen molar-refractivity contribution in [2.45, 2.75) is 25.2 Å². The molecule has 104 valence electrons. The maximum absolute atomic E-state index is 11.2. The van der Waals surface area contributed by atoms with Crippen LogP contribution in [0.15, 0.2) is 23.6 Å². The van der Waals surface area contributed by atoms with Crippen molar-refractivity contribution in [2.75, 3.05) is 7.11 Å². The Hall–Kier alpha value is -1.88. The number of benzene rings is 1. The van der Waals surface area contributed by atoms with E-state index in [1.165, 1.54) is 26.4 Å². The van der Waals surface area contributed by atoms with E-state index in [0.717, 1.165) is 16.3 Å². The van der Waals surface area contributed by atoms with Gasteiger partial charge in [0.05, 0.1) is 18.4 Å². The van der Waals surface area contributed by atoms with Crippen molar-refractivity contribution in [2.24, 2.45) is 0 Å². The highest BCUT2D eigenvalue weighted by atomic mass is 32.1. The van der Waals surface area contributed by atoms with Gasteiger partial charge in [-0.05, 0) is 25.0 Å². The van der Waals surface area contributed by atoms with Crippen LogP contribution in [-0.2, 0) is 0 Å². The molecule has 1 fully saturated rings. The van der Waals surface area contributed by atoms with Crippen LogP contribution in [-0.4, -0.2) is 23.2 Å². The first-order chi connectivity index (χ1) is 9.70. The summed E-state index contributed by atoms with van der Waals surface area (Å²) >= 11 is 1.55. The number of thiazole rings is 1. The quantitative estimate of drug-likeness (QED) is 0.930. The van der Waals surface area contributed by atoms with Gasteiger partial charge < -0.3 is 9.84 Å².